The van der Waals surface area contributed by atoms with Crippen molar-refractivity contribution in [1.82, 2.24) is 20.4 Å². The predicted molar refractivity (Wildman–Crippen MR) is 83.5 cm³/mol. The van der Waals surface area contributed by atoms with E-state index in [2.05, 4.69) is 15.5 Å². The lowest BCUT2D eigenvalue weighted by Crippen LogP contribution is -2.52. The number of carbonyl (C=O) groups excluding carboxylic acids is 1. The van der Waals surface area contributed by atoms with Crippen molar-refractivity contribution in [2.45, 2.75) is 63.1 Å². The van der Waals surface area contributed by atoms with E-state index in [1.165, 1.54) is 6.42 Å². The Balaban J connectivity index is 1.66. The molecule has 2 N–H and O–H groups in total. The number of H-pyrrole nitrogens is 1. The van der Waals surface area contributed by atoms with E-state index in [0.29, 0.717) is 0 Å². The molecule has 3 rings (SSSR count). The molecular formula is C16H26N4O2. The summed E-state index contributed by atoms with van der Waals surface area (Å²) in [5, 5.41) is 10.1. The van der Waals surface area contributed by atoms with Gasteiger partial charge < -0.3 is 15.0 Å². The van der Waals surface area contributed by atoms with E-state index in [-0.39, 0.29) is 24.2 Å². The summed E-state index contributed by atoms with van der Waals surface area (Å²) in [5.41, 5.74) is 1.10. The van der Waals surface area contributed by atoms with Crippen LogP contribution in [0.2, 0.25) is 0 Å². The minimum Gasteiger partial charge on any atom is -0.379 e. The molecule has 122 valence electrons. The van der Waals surface area contributed by atoms with Crippen LogP contribution in [0.4, 0.5) is 4.79 Å². The number of carbonyl (C=O) groups is 1. The number of aromatic nitrogens is 2. The van der Waals surface area contributed by atoms with Crippen LogP contribution in [-0.4, -0.2) is 46.9 Å². The van der Waals surface area contributed by atoms with Gasteiger partial charge in [0.15, 0.2) is 0 Å². The first-order valence-electron chi connectivity index (χ1n) is 8.38. The highest BCUT2D eigenvalue weighted by molar-refractivity contribution is 5.75. The van der Waals surface area contributed by atoms with Gasteiger partial charge in [-0.1, -0.05) is 12.8 Å². The summed E-state index contributed by atoms with van der Waals surface area (Å²) in [6, 6.07) is 0.315. The molecule has 2 amide bonds. The second kappa shape index (κ2) is 7.13. The Morgan fingerprint density at radius 1 is 1.32 bits per heavy atom. The normalized spacial score (nSPS) is 29.3. The molecule has 1 aliphatic heterocycles. The van der Waals surface area contributed by atoms with Crippen molar-refractivity contribution in [1.29, 1.82) is 0 Å². The molecule has 1 saturated heterocycles. The van der Waals surface area contributed by atoms with Crippen LogP contribution >= 0.6 is 0 Å². The maximum Gasteiger partial charge on any atom is 0.318 e. The second-order valence-corrected chi connectivity index (χ2v) is 6.35. The fourth-order valence-corrected chi connectivity index (χ4v) is 3.75. The Morgan fingerprint density at radius 3 is 2.91 bits per heavy atom. The second-order valence-electron chi connectivity index (χ2n) is 6.35. The maximum atomic E-state index is 12.8. The topological polar surface area (TPSA) is 70.2 Å². The molecule has 2 fully saturated rings. The van der Waals surface area contributed by atoms with Gasteiger partial charge in [0.2, 0.25) is 0 Å². The Kier molecular flexibility index (Phi) is 4.97. The largest absolute Gasteiger partial charge is 0.379 e. The van der Waals surface area contributed by atoms with Crippen LogP contribution in [0.5, 0.6) is 0 Å². The molecule has 3 atom stereocenters. The fraction of sp³-hybridized carbons (Fsp3) is 0.750. The number of hydrogen-bond acceptors (Lipinski definition) is 3. The molecule has 1 aromatic heterocycles. The fourth-order valence-electron chi connectivity index (χ4n) is 3.75. The molecule has 0 radical (unpaired) electrons. The number of hydrogen-bond donors (Lipinski definition) is 2. The van der Waals surface area contributed by atoms with Gasteiger partial charge in [0.1, 0.15) is 0 Å². The molecule has 1 saturated carbocycles. The van der Waals surface area contributed by atoms with Crippen LogP contribution < -0.4 is 5.32 Å². The first kappa shape index (κ1) is 15.3. The van der Waals surface area contributed by atoms with Crippen LogP contribution in [-0.2, 0) is 4.74 Å². The first-order chi connectivity index (χ1) is 10.8. The van der Waals surface area contributed by atoms with E-state index in [9.17, 15) is 4.79 Å². The van der Waals surface area contributed by atoms with Gasteiger partial charge in [0.05, 0.1) is 24.4 Å². The molecule has 1 aromatic rings. The highest BCUT2D eigenvalue weighted by Crippen LogP contribution is 2.30. The van der Waals surface area contributed by atoms with E-state index in [4.69, 9.17) is 4.74 Å². The Hall–Kier alpha value is -1.56. The van der Waals surface area contributed by atoms with Crippen LogP contribution in [0.1, 0.15) is 56.6 Å². The molecule has 0 aromatic carbocycles. The summed E-state index contributed by atoms with van der Waals surface area (Å²) in [5.74, 6) is 0. The van der Waals surface area contributed by atoms with Crippen molar-refractivity contribution < 1.29 is 9.53 Å². The third-order valence-electron chi connectivity index (χ3n) is 4.98. The SMILES string of the molecule is CO[C@@H]1CCCC[C@H]1NC(=O)N1CCCC[C@H]1c1cn[nH]c1. The van der Waals surface area contributed by atoms with Crippen LogP contribution in [0.25, 0.3) is 0 Å². The molecule has 2 aliphatic rings. The first-order valence-corrected chi connectivity index (χ1v) is 8.38. The summed E-state index contributed by atoms with van der Waals surface area (Å²) in [4.78, 5) is 14.7. The van der Waals surface area contributed by atoms with Crippen LogP contribution in [0.3, 0.4) is 0 Å². The van der Waals surface area contributed by atoms with Gasteiger partial charge in [-0.15, -0.1) is 0 Å². The van der Waals surface area contributed by atoms with Crippen molar-refractivity contribution in [3.8, 4) is 0 Å². The Morgan fingerprint density at radius 2 is 2.14 bits per heavy atom. The van der Waals surface area contributed by atoms with Gasteiger partial charge in [-0.3, -0.25) is 5.10 Å². The third kappa shape index (κ3) is 3.27. The van der Waals surface area contributed by atoms with Crippen molar-refractivity contribution in [3.05, 3.63) is 18.0 Å². The van der Waals surface area contributed by atoms with Crippen LogP contribution in [0, 0.1) is 0 Å². The molecule has 6 heteroatoms. The lowest BCUT2D eigenvalue weighted by Gasteiger charge is -2.38. The highest BCUT2D eigenvalue weighted by Gasteiger charge is 2.32. The number of urea groups is 1. The zero-order valence-corrected chi connectivity index (χ0v) is 13.3. The van der Waals surface area contributed by atoms with E-state index in [1.807, 2.05) is 17.3 Å². The standard InChI is InChI=1S/C16H26N4O2/c1-22-15-8-3-2-6-13(15)19-16(21)20-9-5-4-7-14(20)12-10-17-18-11-12/h10-11,13-15H,2-9H2,1H3,(H,17,18)(H,19,21)/t13-,14+,15-/m1/s1. The molecule has 22 heavy (non-hydrogen) atoms. The van der Waals surface area contributed by atoms with Gasteiger partial charge in [0.25, 0.3) is 0 Å². The predicted octanol–water partition coefficient (Wildman–Crippen LogP) is 2.60. The van der Waals surface area contributed by atoms with Crippen molar-refractivity contribution in [3.63, 3.8) is 0 Å². The average Bonchev–Trinajstić information content (AvgIpc) is 3.09. The monoisotopic (exact) mass is 306 g/mol. The molecule has 1 aliphatic carbocycles. The number of methoxy groups -OCH3 is 1. The lowest BCUT2D eigenvalue weighted by atomic mass is 9.92. The van der Waals surface area contributed by atoms with E-state index in [1.54, 1.807) is 7.11 Å². The van der Waals surface area contributed by atoms with E-state index >= 15 is 0 Å². The summed E-state index contributed by atoms with van der Waals surface area (Å²) < 4.78 is 5.54. The minimum absolute atomic E-state index is 0.0415. The molecule has 6 nitrogen and oxygen atoms in total. The number of amides is 2. The number of nitrogens with zero attached hydrogens (tertiary/aromatic N) is 2. The number of piperidine rings is 1. The molecule has 0 bridgehead atoms. The molecule has 2 heterocycles. The summed E-state index contributed by atoms with van der Waals surface area (Å²) >= 11 is 0. The smallest absolute Gasteiger partial charge is 0.318 e. The maximum absolute atomic E-state index is 12.8. The minimum atomic E-state index is 0.0415. The van der Waals surface area contributed by atoms with Gasteiger partial charge in [0, 0.05) is 25.4 Å². The number of nitrogens with one attached hydrogen (secondary N) is 2. The highest BCUT2D eigenvalue weighted by atomic mass is 16.5. The van der Waals surface area contributed by atoms with Crippen molar-refractivity contribution in [2.24, 2.45) is 0 Å². The summed E-state index contributed by atoms with van der Waals surface area (Å²) in [6.45, 7) is 0.812. The molecular weight excluding hydrogens is 280 g/mol. The number of rotatable bonds is 3. The Bertz CT molecular complexity index is 477. The molecule has 0 spiro atoms. The van der Waals surface area contributed by atoms with Crippen molar-refractivity contribution >= 4 is 6.03 Å². The number of aromatic amines is 1. The van der Waals surface area contributed by atoms with Gasteiger partial charge in [-0.25, -0.2) is 4.79 Å². The Labute approximate surface area is 131 Å². The van der Waals surface area contributed by atoms with Gasteiger partial charge in [-0.05, 0) is 32.1 Å². The lowest BCUT2D eigenvalue weighted by molar-refractivity contribution is 0.0412. The summed E-state index contributed by atoms with van der Waals surface area (Å²) in [6.07, 6.45) is 11.5. The number of likely N-dealkylation sites (tertiary alicyclic amines) is 1. The zero-order chi connectivity index (χ0) is 15.4. The van der Waals surface area contributed by atoms with Crippen molar-refractivity contribution in [2.75, 3.05) is 13.7 Å². The van der Waals surface area contributed by atoms with Gasteiger partial charge in [-0.2, -0.15) is 5.10 Å². The molecule has 0 unspecified atom stereocenters. The van der Waals surface area contributed by atoms with E-state index in [0.717, 1.165) is 50.6 Å². The quantitative estimate of drug-likeness (QED) is 0.902. The third-order valence-corrected chi connectivity index (χ3v) is 4.98. The van der Waals surface area contributed by atoms with E-state index < -0.39 is 0 Å². The zero-order valence-electron chi connectivity index (χ0n) is 13.3. The summed E-state index contributed by atoms with van der Waals surface area (Å²) in [7, 11) is 1.74. The van der Waals surface area contributed by atoms with Gasteiger partial charge >= 0.3 is 6.03 Å². The number of ether oxygens (including phenoxy) is 1. The average molecular weight is 306 g/mol. The van der Waals surface area contributed by atoms with Crippen LogP contribution in [0.15, 0.2) is 12.4 Å².